The monoisotopic (exact) mass is 361 g/mol. The SMILES string of the molecule is c1ccn2ncc(-c3cncc(NC4CCCN(c5nnc[nH]5)C4)n3)c2c1. The Kier molecular flexibility index (Phi) is 3.89. The van der Waals surface area contributed by atoms with Crippen molar-refractivity contribution in [3.63, 3.8) is 0 Å². The molecule has 27 heavy (non-hydrogen) atoms. The molecule has 1 fully saturated rings. The molecule has 0 radical (unpaired) electrons. The minimum atomic E-state index is 0.275. The molecule has 1 unspecified atom stereocenters. The van der Waals surface area contributed by atoms with Crippen LogP contribution >= 0.6 is 0 Å². The summed E-state index contributed by atoms with van der Waals surface area (Å²) in [5.74, 6) is 1.58. The lowest BCUT2D eigenvalue weighted by atomic mass is 10.1. The minimum absolute atomic E-state index is 0.275. The molecule has 1 aliphatic heterocycles. The summed E-state index contributed by atoms with van der Waals surface area (Å²) in [6.45, 7) is 1.82. The fourth-order valence-electron chi connectivity index (χ4n) is 3.55. The Hall–Kier alpha value is -3.49. The third kappa shape index (κ3) is 3.07. The molecule has 136 valence electrons. The summed E-state index contributed by atoms with van der Waals surface area (Å²) >= 11 is 0. The number of hydrogen-bond acceptors (Lipinski definition) is 7. The number of anilines is 2. The largest absolute Gasteiger partial charge is 0.364 e. The zero-order valence-corrected chi connectivity index (χ0v) is 14.7. The van der Waals surface area contributed by atoms with Crippen molar-refractivity contribution >= 4 is 17.3 Å². The molecule has 1 atom stereocenters. The molecule has 0 aliphatic carbocycles. The molecule has 4 aromatic rings. The van der Waals surface area contributed by atoms with E-state index < -0.39 is 0 Å². The minimum Gasteiger partial charge on any atom is -0.364 e. The van der Waals surface area contributed by atoms with Crippen molar-refractivity contribution in [2.75, 3.05) is 23.3 Å². The van der Waals surface area contributed by atoms with Crippen LogP contribution in [0.1, 0.15) is 12.8 Å². The van der Waals surface area contributed by atoms with Gasteiger partial charge in [-0.3, -0.25) is 4.98 Å². The average Bonchev–Trinajstić information content (AvgIpc) is 3.39. The van der Waals surface area contributed by atoms with Gasteiger partial charge in [0.15, 0.2) is 0 Å². The normalized spacial score (nSPS) is 17.3. The number of fused-ring (bicyclic) bond motifs is 1. The van der Waals surface area contributed by atoms with Gasteiger partial charge in [-0.15, -0.1) is 10.2 Å². The molecule has 2 N–H and O–H groups in total. The number of H-pyrrole nitrogens is 1. The van der Waals surface area contributed by atoms with E-state index in [-0.39, 0.29) is 6.04 Å². The fourth-order valence-corrected chi connectivity index (χ4v) is 3.55. The second kappa shape index (κ2) is 6.67. The maximum absolute atomic E-state index is 4.77. The van der Waals surface area contributed by atoms with E-state index in [1.165, 1.54) is 0 Å². The number of pyridine rings is 1. The number of hydrogen-bond donors (Lipinski definition) is 2. The summed E-state index contributed by atoms with van der Waals surface area (Å²) < 4.78 is 1.84. The highest BCUT2D eigenvalue weighted by atomic mass is 15.4. The maximum atomic E-state index is 4.77. The Bertz CT molecular complexity index is 1040. The summed E-state index contributed by atoms with van der Waals surface area (Å²) in [4.78, 5) is 14.4. The fraction of sp³-hybridized carbons (Fsp3) is 0.278. The first-order chi connectivity index (χ1) is 13.4. The van der Waals surface area contributed by atoms with Crippen molar-refractivity contribution < 1.29 is 0 Å². The molecule has 5 rings (SSSR count). The van der Waals surface area contributed by atoms with Crippen LogP contribution in [0, 0.1) is 0 Å². The summed E-state index contributed by atoms with van der Waals surface area (Å²) in [5.41, 5.74) is 2.79. The van der Waals surface area contributed by atoms with Gasteiger partial charge >= 0.3 is 0 Å². The van der Waals surface area contributed by atoms with Gasteiger partial charge in [-0.05, 0) is 25.0 Å². The highest BCUT2D eigenvalue weighted by Crippen LogP contribution is 2.24. The van der Waals surface area contributed by atoms with Crippen LogP contribution in [0.3, 0.4) is 0 Å². The highest BCUT2D eigenvalue weighted by Gasteiger charge is 2.22. The second-order valence-corrected chi connectivity index (χ2v) is 6.62. The lowest BCUT2D eigenvalue weighted by molar-refractivity contribution is 0.522. The lowest BCUT2D eigenvalue weighted by Crippen LogP contribution is -2.42. The molecule has 4 aromatic heterocycles. The Labute approximate surface area is 155 Å². The molecule has 0 amide bonds. The number of aromatic nitrogens is 7. The van der Waals surface area contributed by atoms with Gasteiger partial charge < -0.3 is 15.2 Å². The van der Waals surface area contributed by atoms with Crippen LogP contribution in [0.15, 0.2) is 49.3 Å². The van der Waals surface area contributed by atoms with Crippen LogP contribution in [0.4, 0.5) is 11.8 Å². The maximum Gasteiger partial charge on any atom is 0.224 e. The van der Waals surface area contributed by atoms with Gasteiger partial charge in [0.05, 0.1) is 29.8 Å². The number of rotatable bonds is 4. The van der Waals surface area contributed by atoms with Gasteiger partial charge in [-0.25, -0.2) is 9.50 Å². The number of nitrogens with zero attached hydrogens (tertiary/aromatic N) is 7. The van der Waals surface area contributed by atoms with Gasteiger partial charge in [0.2, 0.25) is 5.95 Å². The van der Waals surface area contributed by atoms with Crippen LogP contribution in [0.25, 0.3) is 16.8 Å². The van der Waals surface area contributed by atoms with Gasteiger partial charge in [-0.2, -0.15) is 5.10 Å². The Morgan fingerprint density at radius 3 is 3.11 bits per heavy atom. The van der Waals surface area contributed by atoms with Gasteiger partial charge in [-0.1, -0.05) is 6.07 Å². The van der Waals surface area contributed by atoms with Crippen LogP contribution in [0.2, 0.25) is 0 Å². The van der Waals surface area contributed by atoms with Crippen LogP contribution in [-0.4, -0.2) is 53.9 Å². The van der Waals surface area contributed by atoms with E-state index >= 15 is 0 Å². The molecule has 0 bridgehead atoms. The van der Waals surface area contributed by atoms with E-state index in [9.17, 15) is 0 Å². The van der Waals surface area contributed by atoms with E-state index in [0.717, 1.165) is 54.5 Å². The van der Waals surface area contributed by atoms with Crippen LogP contribution in [0.5, 0.6) is 0 Å². The molecular formula is C18H19N9. The quantitative estimate of drug-likeness (QED) is 0.573. The Morgan fingerprint density at radius 2 is 2.19 bits per heavy atom. The smallest absolute Gasteiger partial charge is 0.224 e. The topological polar surface area (TPSA) is 99.9 Å². The molecular weight excluding hydrogens is 342 g/mol. The average molecular weight is 361 g/mol. The van der Waals surface area contributed by atoms with Gasteiger partial charge in [0.1, 0.15) is 12.1 Å². The molecule has 0 aromatic carbocycles. The van der Waals surface area contributed by atoms with Crippen LogP contribution in [-0.2, 0) is 0 Å². The van der Waals surface area contributed by atoms with E-state index in [2.05, 4.69) is 35.5 Å². The van der Waals surface area contributed by atoms with Crippen molar-refractivity contribution in [2.24, 2.45) is 0 Å². The zero-order chi connectivity index (χ0) is 18.1. The van der Waals surface area contributed by atoms with Crippen molar-refractivity contribution in [1.82, 2.24) is 34.8 Å². The first kappa shape index (κ1) is 15.7. The van der Waals surface area contributed by atoms with Crippen molar-refractivity contribution in [2.45, 2.75) is 18.9 Å². The molecule has 0 saturated carbocycles. The molecule has 1 aliphatic rings. The number of aromatic amines is 1. The summed E-state index contributed by atoms with van der Waals surface area (Å²) in [6, 6.07) is 6.25. The summed E-state index contributed by atoms with van der Waals surface area (Å²) in [7, 11) is 0. The first-order valence-corrected chi connectivity index (χ1v) is 8.99. The van der Waals surface area contributed by atoms with E-state index in [1.807, 2.05) is 35.1 Å². The predicted octanol–water partition coefficient (Wildman–Crippen LogP) is 1.99. The third-order valence-electron chi connectivity index (χ3n) is 4.81. The molecule has 0 spiro atoms. The van der Waals surface area contributed by atoms with E-state index in [4.69, 9.17) is 4.98 Å². The van der Waals surface area contributed by atoms with Crippen LogP contribution < -0.4 is 10.2 Å². The van der Waals surface area contributed by atoms with E-state index in [1.54, 1.807) is 18.7 Å². The summed E-state index contributed by atoms with van der Waals surface area (Å²) in [5, 5.41) is 15.9. The second-order valence-electron chi connectivity index (χ2n) is 6.62. The van der Waals surface area contributed by atoms with Crippen molar-refractivity contribution in [1.29, 1.82) is 0 Å². The standard InChI is InChI=1S/C18H19N9/c1-2-7-27-16(5-1)14(8-22-27)15-9-19-10-17(24-15)23-13-4-3-6-26(11-13)18-20-12-21-25-18/h1-2,5,7-10,12-13H,3-4,6,11H2,(H,23,24)(H,20,21,25). The van der Waals surface area contributed by atoms with Gasteiger partial charge in [0.25, 0.3) is 0 Å². The number of nitrogens with one attached hydrogen (secondary N) is 2. The lowest BCUT2D eigenvalue weighted by Gasteiger charge is -2.32. The third-order valence-corrected chi connectivity index (χ3v) is 4.81. The molecule has 1 saturated heterocycles. The van der Waals surface area contributed by atoms with Crippen molar-refractivity contribution in [3.8, 4) is 11.3 Å². The Balaban J connectivity index is 1.36. The predicted molar refractivity (Wildman–Crippen MR) is 101 cm³/mol. The van der Waals surface area contributed by atoms with Gasteiger partial charge in [0, 0.05) is 30.9 Å². The first-order valence-electron chi connectivity index (χ1n) is 8.99. The van der Waals surface area contributed by atoms with E-state index in [0.29, 0.717) is 0 Å². The molecule has 9 heteroatoms. The Morgan fingerprint density at radius 1 is 1.19 bits per heavy atom. The zero-order valence-electron chi connectivity index (χ0n) is 14.7. The highest BCUT2D eigenvalue weighted by molar-refractivity contribution is 5.77. The summed E-state index contributed by atoms with van der Waals surface area (Å²) in [6.07, 6.45) is 11.1. The number of piperidine rings is 1. The molecule has 9 nitrogen and oxygen atoms in total. The molecule has 5 heterocycles. The van der Waals surface area contributed by atoms with Crippen molar-refractivity contribution in [3.05, 3.63) is 49.3 Å².